The third-order valence-corrected chi connectivity index (χ3v) is 3.44. The van der Waals surface area contributed by atoms with Crippen LogP contribution in [0.1, 0.15) is 26.7 Å². The quantitative estimate of drug-likeness (QED) is 0.194. The summed E-state index contributed by atoms with van der Waals surface area (Å²) in [6.45, 7) is 4.25. The third-order valence-electron chi connectivity index (χ3n) is 3.24. The minimum Gasteiger partial charge on any atom is -0.494 e. The number of hydrogen-bond donors (Lipinski definition) is 4. The lowest BCUT2D eigenvalue weighted by atomic mass is 10.2. The summed E-state index contributed by atoms with van der Waals surface area (Å²) >= 11 is 4.83. The fourth-order valence-electron chi connectivity index (χ4n) is 1.96. The largest absolute Gasteiger partial charge is 0.494 e. The van der Waals surface area contributed by atoms with Crippen LogP contribution in [0.2, 0.25) is 0 Å². The van der Waals surface area contributed by atoms with Crippen molar-refractivity contribution in [3.63, 3.8) is 0 Å². The number of carbonyl (C=O) groups is 4. The standard InChI is InChI=1S/C19H24N4O6S/c1-3-28-14-7-5-13(6-8-14)20-15(24)9-10-17(26)22-23-19(30)21-16(25)11-12-18(27)29-4-2/h5-8,11-12H,3-4,9-10H2,1-2H3,(H,20,24)(H,22,26)(H2,21,23,25,30). The number of carbonyl (C=O) groups excluding carboxylic acids is 4. The van der Waals surface area contributed by atoms with E-state index in [1.807, 2.05) is 6.92 Å². The zero-order chi connectivity index (χ0) is 22.4. The van der Waals surface area contributed by atoms with Crippen molar-refractivity contribution >= 4 is 46.7 Å². The molecule has 0 bridgehead atoms. The first-order chi connectivity index (χ1) is 14.3. The number of hydrogen-bond acceptors (Lipinski definition) is 7. The van der Waals surface area contributed by atoms with Gasteiger partial charge in [0.2, 0.25) is 17.7 Å². The lowest BCUT2D eigenvalue weighted by molar-refractivity contribution is -0.137. The Labute approximate surface area is 179 Å². The molecule has 0 aromatic heterocycles. The topological polar surface area (TPSA) is 135 Å². The molecule has 0 spiro atoms. The van der Waals surface area contributed by atoms with E-state index in [4.69, 9.17) is 17.0 Å². The number of anilines is 1. The van der Waals surface area contributed by atoms with Crippen LogP contribution in [0.5, 0.6) is 5.75 Å². The van der Waals surface area contributed by atoms with Crippen LogP contribution in [-0.2, 0) is 23.9 Å². The fraction of sp³-hybridized carbons (Fsp3) is 0.316. The summed E-state index contributed by atoms with van der Waals surface area (Å²) in [5.41, 5.74) is 5.16. The van der Waals surface area contributed by atoms with Gasteiger partial charge in [0.25, 0.3) is 0 Å². The second-order valence-corrected chi connectivity index (χ2v) is 5.99. The minimum absolute atomic E-state index is 0.0534. The van der Waals surface area contributed by atoms with Crippen LogP contribution >= 0.6 is 12.2 Å². The van der Waals surface area contributed by atoms with Gasteiger partial charge >= 0.3 is 5.97 Å². The van der Waals surface area contributed by atoms with Crippen molar-refractivity contribution < 1.29 is 28.7 Å². The van der Waals surface area contributed by atoms with Gasteiger partial charge in [0.05, 0.1) is 13.2 Å². The second-order valence-electron chi connectivity index (χ2n) is 5.58. The number of ether oxygens (including phenoxy) is 2. The lowest BCUT2D eigenvalue weighted by Gasteiger charge is -2.10. The summed E-state index contributed by atoms with van der Waals surface area (Å²) in [7, 11) is 0. The Hall–Kier alpha value is -3.47. The van der Waals surface area contributed by atoms with E-state index in [1.165, 1.54) is 0 Å². The van der Waals surface area contributed by atoms with Gasteiger partial charge in [0.15, 0.2) is 5.11 Å². The van der Waals surface area contributed by atoms with Crippen molar-refractivity contribution in [3.05, 3.63) is 36.4 Å². The highest BCUT2D eigenvalue weighted by atomic mass is 32.1. The van der Waals surface area contributed by atoms with Gasteiger partial charge < -0.3 is 14.8 Å². The predicted molar refractivity (Wildman–Crippen MR) is 113 cm³/mol. The lowest BCUT2D eigenvalue weighted by Crippen LogP contribution is -2.48. The van der Waals surface area contributed by atoms with Crippen LogP contribution in [0.15, 0.2) is 36.4 Å². The van der Waals surface area contributed by atoms with E-state index in [1.54, 1.807) is 31.2 Å². The molecule has 162 valence electrons. The third kappa shape index (κ3) is 10.8. The Morgan fingerprint density at radius 2 is 1.60 bits per heavy atom. The van der Waals surface area contributed by atoms with E-state index in [9.17, 15) is 19.2 Å². The fourth-order valence-corrected chi connectivity index (χ4v) is 2.11. The molecule has 3 amide bonds. The van der Waals surface area contributed by atoms with Gasteiger partial charge in [0.1, 0.15) is 5.75 Å². The SMILES string of the molecule is CCOC(=O)C=CC(=O)NC(=S)NNC(=O)CCC(=O)Nc1ccc(OCC)cc1. The number of benzene rings is 1. The molecule has 4 N–H and O–H groups in total. The van der Waals surface area contributed by atoms with Gasteiger partial charge in [-0.1, -0.05) is 0 Å². The molecule has 1 aromatic rings. The first kappa shape index (κ1) is 24.6. The molecule has 0 aliphatic heterocycles. The Morgan fingerprint density at radius 1 is 0.933 bits per heavy atom. The summed E-state index contributed by atoms with van der Waals surface area (Å²) in [6.07, 6.45) is 1.74. The van der Waals surface area contributed by atoms with Crippen molar-refractivity contribution in [2.45, 2.75) is 26.7 Å². The predicted octanol–water partition coefficient (Wildman–Crippen LogP) is 0.945. The molecule has 0 fully saturated rings. The van der Waals surface area contributed by atoms with Gasteiger partial charge in [-0.05, 0) is 50.3 Å². The van der Waals surface area contributed by atoms with E-state index >= 15 is 0 Å². The number of amides is 3. The summed E-state index contributed by atoms with van der Waals surface area (Å²) < 4.78 is 9.94. The molecule has 0 aliphatic carbocycles. The highest BCUT2D eigenvalue weighted by Gasteiger charge is 2.09. The van der Waals surface area contributed by atoms with Crippen LogP contribution in [0.25, 0.3) is 0 Å². The number of hydrazine groups is 1. The van der Waals surface area contributed by atoms with Crippen molar-refractivity contribution in [2.75, 3.05) is 18.5 Å². The first-order valence-electron chi connectivity index (χ1n) is 9.11. The van der Waals surface area contributed by atoms with Crippen LogP contribution < -0.4 is 26.2 Å². The molecule has 0 unspecified atom stereocenters. The zero-order valence-corrected chi connectivity index (χ0v) is 17.5. The first-order valence-corrected chi connectivity index (χ1v) is 9.52. The molecule has 0 heterocycles. The molecule has 11 heteroatoms. The average Bonchev–Trinajstić information content (AvgIpc) is 2.71. The van der Waals surface area contributed by atoms with Gasteiger partial charge in [-0.2, -0.15) is 0 Å². The molecule has 30 heavy (non-hydrogen) atoms. The number of rotatable bonds is 9. The van der Waals surface area contributed by atoms with Crippen molar-refractivity contribution in [1.82, 2.24) is 16.2 Å². The second kappa shape index (κ2) is 13.7. The molecule has 0 atom stereocenters. The van der Waals surface area contributed by atoms with E-state index < -0.39 is 17.8 Å². The Kier molecular flexibility index (Phi) is 11.2. The molecular weight excluding hydrogens is 412 g/mol. The maximum Gasteiger partial charge on any atom is 0.330 e. The van der Waals surface area contributed by atoms with Crippen LogP contribution in [0.3, 0.4) is 0 Å². The molecule has 0 radical (unpaired) electrons. The molecule has 1 aromatic carbocycles. The normalized spacial score (nSPS) is 10.1. The van der Waals surface area contributed by atoms with Crippen LogP contribution in [0.4, 0.5) is 5.69 Å². The number of nitrogens with one attached hydrogen (secondary N) is 4. The highest BCUT2D eigenvalue weighted by molar-refractivity contribution is 7.80. The van der Waals surface area contributed by atoms with Crippen molar-refractivity contribution in [2.24, 2.45) is 0 Å². The molecule has 0 saturated heterocycles. The van der Waals surface area contributed by atoms with E-state index in [0.29, 0.717) is 18.0 Å². The molecule has 1 rings (SSSR count). The molecule has 0 aliphatic rings. The van der Waals surface area contributed by atoms with Crippen molar-refractivity contribution in [3.8, 4) is 5.75 Å². The Bertz CT molecular complexity index is 795. The smallest absolute Gasteiger partial charge is 0.330 e. The summed E-state index contributed by atoms with van der Waals surface area (Å²) in [5.74, 6) is -1.49. The van der Waals surface area contributed by atoms with Crippen molar-refractivity contribution in [1.29, 1.82) is 0 Å². The van der Waals surface area contributed by atoms with E-state index in [0.717, 1.165) is 12.2 Å². The van der Waals surface area contributed by atoms with Gasteiger partial charge in [0, 0.05) is 30.7 Å². The van der Waals surface area contributed by atoms with Gasteiger partial charge in [-0.15, -0.1) is 0 Å². The summed E-state index contributed by atoms with van der Waals surface area (Å²) in [6, 6.07) is 6.85. The summed E-state index contributed by atoms with van der Waals surface area (Å²) in [4.78, 5) is 46.3. The Morgan fingerprint density at radius 3 is 2.23 bits per heavy atom. The minimum atomic E-state index is -0.676. The zero-order valence-electron chi connectivity index (χ0n) is 16.7. The number of thiocarbonyl (C=S) groups is 1. The maximum atomic E-state index is 11.9. The van der Waals surface area contributed by atoms with E-state index in [2.05, 4.69) is 26.2 Å². The van der Waals surface area contributed by atoms with Gasteiger partial charge in [-0.3, -0.25) is 30.6 Å². The monoisotopic (exact) mass is 436 g/mol. The summed E-state index contributed by atoms with van der Waals surface area (Å²) in [5, 5.41) is 4.71. The van der Waals surface area contributed by atoms with E-state index in [-0.39, 0.29) is 30.5 Å². The van der Waals surface area contributed by atoms with Crippen LogP contribution in [-0.4, -0.2) is 42.0 Å². The molecular formula is C19H24N4O6S. The average molecular weight is 436 g/mol. The van der Waals surface area contributed by atoms with Crippen LogP contribution in [0, 0.1) is 0 Å². The molecule has 10 nitrogen and oxygen atoms in total. The molecule has 0 saturated carbocycles. The highest BCUT2D eigenvalue weighted by Crippen LogP contribution is 2.15. The van der Waals surface area contributed by atoms with Gasteiger partial charge in [-0.25, -0.2) is 4.79 Å². The maximum absolute atomic E-state index is 11.9. The number of esters is 1. The Balaban J connectivity index is 2.27.